The van der Waals surface area contributed by atoms with Crippen LogP contribution in [0.25, 0.3) is 11.4 Å². The lowest BCUT2D eigenvalue weighted by Crippen LogP contribution is -2.23. The van der Waals surface area contributed by atoms with Crippen molar-refractivity contribution in [3.05, 3.63) is 30.0 Å². The number of benzene rings is 1. The fraction of sp³-hybridized carbons (Fsp3) is 0.400. The first-order chi connectivity index (χ1) is 10.1. The zero-order valence-corrected chi connectivity index (χ0v) is 14.5. The van der Waals surface area contributed by atoms with E-state index in [1.54, 1.807) is 0 Å². The number of halogens is 1. The zero-order chi connectivity index (χ0) is 15.0. The molecule has 1 aliphatic rings. The maximum atomic E-state index is 12.3. The molecule has 0 aliphatic carbocycles. The molecule has 3 rings (SSSR count). The Bertz CT molecular complexity index is 658. The molecular formula is C15H18BrN3OS. The van der Waals surface area contributed by atoms with E-state index in [0.717, 1.165) is 40.8 Å². The highest BCUT2D eigenvalue weighted by molar-refractivity contribution is 9.09. The molecule has 2 aromatic rings. The van der Waals surface area contributed by atoms with Crippen LogP contribution in [0.1, 0.15) is 12.6 Å². The summed E-state index contributed by atoms with van der Waals surface area (Å²) in [6.07, 6.45) is 0.912. The first-order valence-electron chi connectivity index (χ1n) is 7.03. The van der Waals surface area contributed by atoms with Gasteiger partial charge in [0.05, 0.1) is 11.3 Å². The van der Waals surface area contributed by atoms with Crippen molar-refractivity contribution in [2.24, 2.45) is 7.05 Å². The maximum Gasteiger partial charge on any atom is 0.163 e. The summed E-state index contributed by atoms with van der Waals surface area (Å²) in [6, 6.07) is 7.84. The van der Waals surface area contributed by atoms with Gasteiger partial charge in [0.2, 0.25) is 0 Å². The largest absolute Gasteiger partial charge is 0.611 e. The number of fused-ring (bicyclic) bond motifs is 1. The molecule has 0 radical (unpaired) electrons. The Labute approximate surface area is 136 Å². The van der Waals surface area contributed by atoms with Crippen molar-refractivity contribution in [3.63, 3.8) is 0 Å². The third kappa shape index (κ3) is 2.72. The Kier molecular flexibility index (Phi) is 4.28. The van der Waals surface area contributed by atoms with Crippen LogP contribution in [-0.4, -0.2) is 31.2 Å². The Morgan fingerprint density at radius 1 is 1.48 bits per heavy atom. The minimum absolute atomic E-state index is 0.410. The van der Waals surface area contributed by atoms with Crippen LogP contribution in [-0.2, 0) is 24.6 Å². The van der Waals surface area contributed by atoms with Crippen LogP contribution in [0, 0.1) is 0 Å². The van der Waals surface area contributed by atoms with E-state index in [4.69, 9.17) is 4.98 Å². The van der Waals surface area contributed by atoms with Gasteiger partial charge in [0.1, 0.15) is 17.4 Å². The zero-order valence-electron chi connectivity index (χ0n) is 12.1. The fourth-order valence-electron chi connectivity index (χ4n) is 2.65. The summed E-state index contributed by atoms with van der Waals surface area (Å²) >= 11 is 2.65. The SMILES string of the molecule is CC[S@+]([O-])c1ccccc1-c1nc2c(n1C)NC[C@@H](Br)C2. The molecule has 21 heavy (non-hydrogen) atoms. The Morgan fingerprint density at radius 3 is 3.00 bits per heavy atom. The van der Waals surface area contributed by atoms with Gasteiger partial charge in [0, 0.05) is 24.8 Å². The van der Waals surface area contributed by atoms with Crippen molar-refractivity contribution >= 4 is 32.9 Å². The Morgan fingerprint density at radius 2 is 2.24 bits per heavy atom. The second kappa shape index (κ2) is 6.02. The molecule has 2 atom stereocenters. The van der Waals surface area contributed by atoms with Crippen LogP contribution in [0.15, 0.2) is 29.2 Å². The summed E-state index contributed by atoms with van der Waals surface area (Å²) in [4.78, 5) is 6.06. The van der Waals surface area contributed by atoms with Crippen molar-refractivity contribution in [3.8, 4) is 11.4 Å². The minimum atomic E-state index is -0.986. The second-order valence-corrected chi connectivity index (χ2v) is 8.11. The highest BCUT2D eigenvalue weighted by Crippen LogP contribution is 2.33. The third-order valence-electron chi connectivity index (χ3n) is 3.71. The smallest absolute Gasteiger partial charge is 0.163 e. The van der Waals surface area contributed by atoms with Crippen LogP contribution < -0.4 is 5.32 Å². The third-order valence-corrected chi connectivity index (χ3v) is 5.73. The lowest BCUT2D eigenvalue weighted by Gasteiger charge is -2.19. The molecule has 4 nitrogen and oxygen atoms in total. The predicted molar refractivity (Wildman–Crippen MR) is 90.5 cm³/mol. The number of imidazole rings is 1. The molecular weight excluding hydrogens is 350 g/mol. The highest BCUT2D eigenvalue weighted by Gasteiger charge is 2.25. The first-order valence-corrected chi connectivity index (χ1v) is 9.26. The van der Waals surface area contributed by atoms with Gasteiger partial charge in [0.15, 0.2) is 4.90 Å². The molecule has 0 saturated carbocycles. The number of hydrogen-bond acceptors (Lipinski definition) is 3. The summed E-state index contributed by atoms with van der Waals surface area (Å²) < 4.78 is 14.3. The summed E-state index contributed by atoms with van der Waals surface area (Å²) in [5.74, 6) is 2.56. The van der Waals surface area contributed by atoms with E-state index in [1.807, 2.05) is 38.2 Å². The van der Waals surface area contributed by atoms with Gasteiger partial charge in [-0.2, -0.15) is 0 Å². The molecule has 2 heterocycles. The highest BCUT2D eigenvalue weighted by atomic mass is 79.9. The summed E-state index contributed by atoms with van der Waals surface area (Å²) in [5.41, 5.74) is 2.03. The first kappa shape index (κ1) is 14.9. The van der Waals surface area contributed by atoms with Crippen molar-refractivity contribution in [1.82, 2.24) is 9.55 Å². The van der Waals surface area contributed by atoms with Gasteiger partial charge in [-0.25, -0.2) is 4.98 Å². The predicted octanol–water partition coefficient (Wildman–Crippen LogP) is 2.95. The topological polar surface area (TPSA) is 52.9 Å². The van der Waals surface area contributed by atoms with E-state index in [2.05, 4.69) is 25.8 Å². The van der Waals surface area contributed by atoms with Crippen molar-refractivity contribution in [2.75, 3.05) is 17.6 Å². The molecule has 0 amide bonds. The van der Waals surface area contributed by atoms with Gasteiger partial charge in [0.25, 0.3) is 0 Å². The van der Waals surface area contributed by atoms with E-state index in [0.29, 0.717) is 10.6 Å². The molecule has 1 aromatic heterocycles. The number of nitrogens with zero attached hydrogens (tertiary/aromatic N) is 2. The number of aromatic nitrogens is 2. The van der Waals surface area contributed by atoms with Crippen LogP contribution in [0.5, 0.6) is 0 Å². The molecule has 0 fully saturated rings. The van der Waals surface area contributed by atoms with E-state index in [1.165, 1.54) is 0 Å². The summed E-state index contributed by atoms with van der Waals surface area (Å²) in [6.45, 7) is 2.84. The minimum Gasteiger partial charge on any atom is -0.611 e. The number of anilines is 1. The monoisotopic (exact) mass is 367 g/mol. The van der Waals surface area contributed by atoms with Crippen molar-refractivity contribution in [2.45, 2.75) is 23.1 Å². The number of rotatable bonds is 3. The van der Waals surface area contributed by atoms with Gasteiger partial charge in [-0.05, 0) is 30.2 Å². The van der Waals surface area contributed by atoms with Crippen molar-refractivity contribution < 1.29 is 4.55 Å². The molecule has 1 N–H and O–H groups in total. The number of nitrogens with one attached hydrogen (secondary N) is 1. The molecule has 0 bridgehead atoms. The number of alkyl halides is 1. The lowest BCUT2D eigenvalue weighted by molar-refractivity contribution is 0.596. The van der Waals surface area contributed by atoms with Crippen LogP contribution in [0.3, 0.4) is 0 Å². The number of hydrogen-bond donors (Lipinski definition) is 1. The molecule has 0 unspecified atom stereocenters. The molecule has 0 saturated heterocycles. The molecule has 1 aliphatic heterocycles. The molecule has 6 heteroatoms. The Balaban J connectivity index is 2.10. The van der Waals surface area contributed by atoms with Gasteiger partial charge in [-0.15, -0.1) is 0 Å². The van der Waals surface area contributed by atoms with Crippen molar-refractivity contribution in [1.29, 1.82) is 0 Å². The van der Waals surface area contributed by atoms with Gasteiger partial charge in [-0.1, -0.05) is 28.1 Å². The molecule has 0 spiro atoms. The van der Waals surface area contributed by atoms with Gasteiger partial charge < -0.3 is 14.4 Å². The van der Waals surface area contributed by atoms with Gasteiger partial charge in [-0.3, -0.25) is 0 Å². The van der Waals surface area contributed by atoms with E-state index >= 15 is 0 Å². The van der Waals surface area contributed by atoms with Crippen LogP contribution >= 0.6 is 15.9 Å². The second-order valence-electron chi connectivity index (χ2n) is 5.10. The van der Waals surface area contributed by atoms with Gasteiger partial charge >= 0.3 is 0 Å². The normalized spacial score (nSPS) is 19.0. The molecule has 1 aromatic carbocycles. The standard InChI is InChI=1S/C15H18BrN3OS/c1-3-21(20)13-7-5-4-6-11(13)14-18-12-8-10(16)9-17-15(12)19(14)2/h4-7,10,17H,3,8-9H2,1-2H3/t10-,21-/m0/s1. The van der Waals surface area contributed by atoms with E-state index in [-0.39, 0.29) is 0 Å². The van der Waals surface area contributed by atoms with Crippen LogP contribution in [0.2, 0.25) is 0 Å². The molecule has 112 valence electrons. The fourth-order valence-corrected chi connectivity index (χ4v) is 4.07. The Hall–Kier alpha value is -0.980. The maximum absolute atomic E-state index is 12.3. The van der Waals surface area contributed by atoms with E-state index in [9.17, 15) is 4.55 Å². The van der Waals surface area contributed by atoms with Crippen LogP contribution in [0.4, 0.5) is 5.82 Å². The summed E-state index contributed by atoms with van der Waals surface area (Å²) in [5, 5.41) is 3.41. The summed E-state index contributed by atoms with van der Waals surface area (Å²) in [7, 11) is 2.01. The average Bonchev–Trinajstić information content (AvgIpc) is 2.82. The quantitative estimate of drug-likeness (QED) is 0.670. The lowest BCUT2D eigenvalue weighted by atomic mass is 10.2. The average molecular weight is 368 g/mol. The van der Waals surface area contributed by atoms with E-state index < -0.39 is 11.2 Å².